The summed E-state index contributed by atoms with van der Waals surface area (Å²) < 4.78 is 0. The van der Waals surface area contributed by atoms with E-state index in [4.69, 9.17) is 0 Å². The minimum atomic E-state index is 0. The second kappa shape index (κ2) is 171. The van der Waals surface area contributed by atoms with E-state index in [0.29, 0.717) is 0 Å². The van der Waals surface area contributed by atoms with Crippen LogP contribution in [0, 0.1) is 0 Å². The number of halogens is 2. The van der Waals surface area contributed by atoms with Gasteiger partial charge in [0, 0.05) is 0 Å². The minimum Gasteiger partial charge on any atom is -0.870 e. The van der Waals surface area contributed by atoms with Crippen molar-refractivity contribution in [2.24, 2.45) is 0 Å². The van der Waals surface area contributed by atoms with E-state index in [1.807, 2.05) is 0 Å². The molecule has 7 heteroatoms. The van der Waals surface area contributed by atoms with Crippen molar-refractivity contribution in [3.05, 3.63) is 0 Å². The van der Waals surface area contributed by atoms with Crippen molar-refractivity contribution in [3.8, 4) is 0 Å². The smallest absolute Gasteiger partial charge is 0.870 e. The summed E-state index contributed by atoms with van der Waals surface area (Å²) >= 11 is 0. The van der Waals surface area contributed by atoms with E-state index in [1.165, 1.54) is 0 Å². The number of rotatable bonds is 0. The van der Waals surface area contributed by atoms with Crippen LogP contribution in [0.5, 0.6) is 0 Å². The van der Waals surface area contributed by atoms with E-state index in [9.17, 15) is 0 Å². The molecule has 0 atom stereocenters. The van der Waals surface area contributed by atoms with Gasteiger partial charge in [0.2, 0.25) is 0 Å². The maximum Gasteiger partial charge on any atom is 4.00 e. The van der Waals surface area contributed by atoms with E-state index in [2.05, 4.69) is 0 Å². The van der Waals surface area contributed by atoms with Crippen LogP contribution in [0.25, 0.3) is 0 Å². The van der Waals surface area contributed by atoms with Crippen LogP contribution in [-0.4, -0.2) is 21.9 Å². The van der Waals surface area contributed by atoms with Gasteiger partial charge in [0.15, 0.2) is 0 Å². The van der Waals surface area contributed by atoms with E-state index in [0.717, 1.165) is 0 Å². The first-order valence-electron chi connectivity index (χ1n) is 0. The van der Waals surface area contributed by atoms with Crippen molar-refractivity contribution in [2.45, 2.75) is 0 Å². The Morgan fingerprint density at radius 2 is 0.429 bits per heavy atom. The van der Waals surface area contributed by atoms with Crippen LogP contribution in [0.2, 0.25) is 0 Å². The summed E-state index contributed by atoms with van der Waals surface area (Å²) in [6.45, 7) is 0. The van der Waals surface area contributed by atoms with Gasteiger partial charge in [-0.15, -0.1) is 24.8 Å². The Bertz CT molecular complexity index is 9.65. The van der Waals surface area contributed by atoms with Gasteiger partial charge in [-0.3, -0.25) is 0 Å². The molecule has 0 aliphatic rings. The van der Waals surface area contributed by atoms with Gasteiger partial charge in [0.1, 0.15) is 0 Å². The Hall–Kier alpha value is 1.30. The molecule has 0 aromatic rings. The van der Waals surface area contributed by atoms with Crippen LogP contribution in [0.15, 0.2) is 0 Å². The maximum atomic E-state index is 0. The SMILES string of the molecule is Cl.Cl.[OH-].[OH-].[OH-].[OH-].[Zr+4]. The third kappa shape index (κ3) is 121. The molecule has 0 unspecified atom stereocenters. The van der Waals surface area contributed by atoms with Crippen LogP contribution < -0.4 is 0 Å². The average Bonchev–Trinajstić information content (AvgIpc) is 0. The molecule has 0 saturated carbocycles. The quantitative estimate of drug-likeness (QED) is 0.589. The molecule has 4 nitrogen and oxygen atoms in total. The van der Waals surface area contributed by atoms with Gasteiger partial charge in [-0.1, -0.05) is 0 Å². The minimum absolute atomic E-state index is 0. The molecule has 0 fully saturated rings. The van der Waals surface area contributed by atoms with Crippen molar-refractivity contribution < 1.29 is 48.1 Å². The van der Waals surface area contributed by atoms with Gasteiger partial charge in [-0.05, 0) is 0 Å². The molecular weight excluding hydrogens is 226 g/mol. The van der Waals surface area contributed by atoms with E-state index < -0.39 is 0 Å². The van der Waals surface area contributed by atoms with E-state index >= 15 is 0 Å². The number of hydrogen-bond donors (Lipinski definition) is 0. The molecule has 4 N–H and O–H groups in total. The predicted octanol–water partition coefficient (Wildman–Crippen LogP) is 0.134. The summed E-state index contributed by atoms with van der Waals surface area (Å²) in [5.41, 5.74) is 0. The second-order valence-corrected chi connectivity index (χ2v) is 0. The zero-order valence-electron chi connectivity index (χ0n) is 3.11. The van der Waals surface area contributed by atoms with Crippen molar-refractivity contribution in [1.82, 2.24) is 0 Å². The zero-order chi connectivity index (χ0) is 0. The first-order chi connectivity index (χ1) is 0. The summed E-state index contributed by atoms with van der Waals surface area (Å²) in [7, 11) is 0. The van der Waals surface area contributed by atoms with Crippen LogP contribution in [0.4, 0.5) is 0 Å². The Labute approximate surface area is 72.8 Å². The summed E-state index contributed by atoms with van der Waals surface area (Å²) in [4.78, 5) is 0. The molecule has 48 valence electrons. The van der Waals surface area contributed by atoms with Crippen molar-refractivity contribution in [1.29, 1.82) is 0 Å². The fraction of sp³-hybridized carbons (Fsp3) is 0. The molecular formula is H6Cl2O4Zr. The summed E-state index contributed by atoms with van der Waals surface area (Å²) in [5.74, 6) is 0. The third-order valence-electron chi connectivity index (χ3n) is 0. The molecule has 0 rings (SSSR count). The molecule has 0 aromatic carbocycles. The Balaban J connectivity index is 0. The summed E-state index contributed by atoms with van der Waals surface area (Å²) in [6, 6.07) is 0. The Morgan fingerprint density at radius 1 is 0.429 bits per heavy atom. The van der Waals surface area contributed by atoms with Gasteiger partial charge >= 0.3 is 26.2 Å². The molecule has 0 saturated heterocycles. The van der Waals surface area contributed by atoms with Crippen LogP contribution in [0.3, 0.4) is 0 Å². The van der Waals surface area contributed by atoms with Gasteiger partial charge < -0.3 is 21.9 Å². The zero-order valence-corrected chi connectivity index (χ0v) is 7.20. The molecule has 0 amide bonds. The van der Waals surface area contributed by atoms with Crippen LogP contribution in [-0.2, 0) is 26.2 Å². The van der Waals surface area contributed by atoms with Crippen LogP contribution >= 0.6 is 24.8 Å². The number of hydrogen-bond acceptors (Lipinski definition) is 4. The molecule has 0 aliphatic heterocycles. The summed E-state index contributed by atoms with van der Waals surface area (Å²) in [6.07, 6.45) is 0. The molecule has 0 spiro atoms. The molecule has 0 aliphatic carbocycles. The van der Waals surface area contributed by atoms with Gasteiger partial charge in [0.05, 0.1) is 0 Å². The van der Waals surface area contributed by atoms with Gasteiger partial charge in [0.25, 0.3) is 0 Å². The second-order valence-electron chi connectivity index (χ2n) is 0. The van der Waals surface area contributed by atoms with E-state index in [-0.39, 0.29) is 72.9 Å². The van der Waals surface area contributed by atoms with Crippen molar-refractivity contribution >= 4 is 24.8 Å². The maximum absolute atomic E-state index is 0. The normalized spacial score (nSPS) is 0. The molecule has 0 radical (unpaired) electrons. The monoisotopic (exact) mass is 230 g/mol. The molecule has 0 aromatic heterocycles. The molecule has 7 heavy (non-hydrogen) atoms. The summed E-state index contributed by atoms with van der Waals surface area (Å²) in [5, 5.41) is 0. The predicted molar refractivity (Wildman–Crippen MR) is 22.2 cm³/mol. The molecule has 0 bridgehead atoms. The van der Waals surface area contributed by atoms with Gasteiger partial charge in [-0.2, -0.15) is 0 Å². The Morgan fingerprint density at radius 3 is 0.429 bits per heavy atom. The first-order valence-corrected chi connectivity index (χ1v) is 0. The topological polar surface area (TPSA) is 120 Å². The van der Waals surface area contributed by atoms with Gasteiger partial charge in [-0.25, -0.2) is 0 Å². The third-order valence-corrected chi connectivity index (χ3v) is 0. The van der Waals surface area contributed by atoms with Crippen molar-refractivity contribution in [3.63, 3.8) is 0 Å². The fourth-order valence-corrected chi connectivity index (χ4v) is 0. The van der Waals surface area contributed by atoms with Crippen molar-refractivity contribution in [2.75, 3.05) is 0 Å². The molecule has 0 heterocycles. The first kappa shape index (κ1) is 261. The van der Waals surface area contributed by atoms with Crippen LogP contribution in [0.1, 0.15) is 0 Å². The largest absolute Gasteiger partial charge is 4.00 e. The fourth-order valence-electron chi connectivity index (χ4n) is 0. The van der Waals surface area contributed by atoms with E-state index in [1.54, 1.807) is 0 Å². The average molecular weight is 232 g/mol. The standard InChI is InChI=1S/2ClH.4H2O.Zr/h2*1H;4*1H2;/q;;;;;;+4/p-4. The Kier molecular flexibility index (Phi) is 6370.